The second-order valence-corrected chi connectivity index (χ2v) is 13.8. The second-order valence-electron chi connectivity index (χ2n) is 13.8. The molecule has 0 aromatic heterocycles. The molecule has 51 heavy (non-hydrogen) atoms. The quantitative estimate of drug-likeness (QED) is 0.114. The average Bonchev–Trinajstić information content (AvgIpc) is 3.08. The Bertz CT molecular complexity index is 1830. The van der Waals surface area contributed by atoms with E-state index in [1.54, 1.807) is 20.8 Å². The predicted molar refractivity (Wildman–Crippen MR) is 175 cm³/mol. The van der Waals surface area contributed by atoms with E-state index in [9.17, 15) is 40.3 Å². The van der Waals surface area contributed by atoms with Crippen LogP contribution in [0.2, 0.25) is 0 Å². The summed E-state index contributed by atoms with van der Waals surface area (Å²) in [6, 6.07) is 3.51. The van der Waals surface area contributed by atoms with Crippen LogP contribution < -0.4 is 4.74 Å². The molecule has 2 saturated heterocycles. The number of benzene rings is 2. The number of carbonyl (C=O) groups excluding carboxylic acids is 3. The number of ether oxygens (including phenoxy) is 6. The van der Waals surface area contributed by atoms with Gasteiger partial charge in [-0.05, 0) is 39.3 Å². The lowest BCUT2D eigenvalue weighted by Gasteiger charge is -2.47. The average molecular weight is 712 g/mol. The van der Waals surface area contributed by atoms with E-state index in [1.165, 1.54) is 32.4 Å². The van der Waals surface area contributed by atoms with Gasteiger partial charge in [0.25, 0.3) is 0 Å². The molecule has 0 radical (unpaired) electrons. The molecule has 2 aromatic carbocycles. The Balaban J connectivity index is 1.34. The molecule has 0 saturated carbocycles. The van der Waals surface area contributed by atoms with E-state index >= 15 is 0 Å². The molecular formula is C35H41N3O13. The van der Waals surface area contributed by atoms with Crippen molar-refractivity contribution in [3.8, 4) is 17.2 Å². The summed E-state index contributed by atoms with van der Waals surface area (Å²) >= 11 is 0. The topological polar surface area (TPSA) is 236 Å². The van der Waals surface area contributed by atoms with Crippen LogP contribution in [0.15, 0.2) is 23.3 Å². The summed E-state index contributed by atoms with van der Waals surface area (Å²) in [7, 11) is 2.80. The van der Waals surface area contributed by atoms with Gasteiger partial charge in [0.2, 0.25) is 5.78 Å². The van der Waals surface area contributed by atoms with Crippen LogP contribution >= 0.6 is 0 Å². The van der Waals surface area contributed by atoms with E-state index in [1.807, 2.05) is 0 Å². The van der Waals surface area contributed by atoms with Crippen molar-refractivity contribution in [2.45, 2.75) is 114 Å². The van der Waals surface area contributed by atoms with E-state index in [0.29, 0.717) is 0 Å². The highest BCUT2D eigenvalue weighted by Gasteiger charge is 2.51. The fourth-order valence-electron chi connectivity index (χ4n) is 7.74. The van der Waals surface area contributed by atoms with Crippen LogP contribution in [0.4, 0.5) is 0 Å². The number of nitrogens with zero attached hydrogens (tertiary/aromatic N) is 3. The van der Waals surface area contributed by atoms with E-state index in [4.69, 9.17) is 28.4 Å². The summed E-state index contributed by atoms with van der Waals surface area (Å²) in [4.78, 5) is 43.4. The molecule has 2 aromatic rings. The zero-order valence-electron chi connectivity index (χ0n) is 29.0. The summed E-state index contributed by atoms with van der Waals surface area (Å²) in [5.41, 5.74) is 5.07. The number of aromatic hydroxyl groups is 2. The predicted octanol–water partition coefficient (Wildman–Crippen LogP) is 3.31. The second kappa shape index (κ2) is 13.5. The largest absolute Gasteiger partial charge is 0.507 e. The van der Waals surface area contributed by atoms with Crippen molar-refractivity contribution in [1.29, 1.82) is 0 Å². The first-order valence-electron chi connectivity index (χ1n) is 16.6. The van der Waals surface area contributed by atoms with E-state index in [0.717, 1.165) is 6.92 Å². The van der Waals surface area contributed by atoms with Gasteiger partial charge in [0.15, 0.2) is 24.1 Å². The van der Waals surface area contributed by atoms with Crippen LogP contribution in [0, 0.1) is 0 Å². The Morgan fingerprint density at radius 1 is 1.00 bits per heavy atom. The van der Waals surface area contributed by atoms with Gasteiger partial charge in [-0.1, -0.05) is 17.2 Å². The monoisotopic (exact) mass is 711 g/mol. The highest BCUT2D eigenvalue weighted by atomic mass is 16.7. The van der Waals surface area contributed by atoms with Gasteiger partial charge in [0.1, 0.15) is 29.0 Å². The number of carbonyl (C=O) groups is 3. The Kier molecular flexibility index (Phi) is 9.67. The fourth-order valence-corrected chi connectivity index (χ4v) is 7.74. The number of methoxy groups -OCH3 is 2. The summed E-state index contributed by atoms with van der Waals surface area (Å²) in [5, 5.41) is 49.4. The number of phenols is 2. The number of ketones is 3. The number of Topliss-reactive ketones (excluding diaryl/α,β-unsaturated/α-hetero) is 1. The van der Waals surface area contributed by atoms with Crippen LogP contribution in [-0.4, -0.2) is 106 Å². The zero-order chi connectivity index (χ0) is 37.2. The van der Waals surface area contributed by atoms with Gasteiger partial charge in [-0.15, -0.1) is 0 Å². The Hall–Kier alpha value is -4.12. The van der Waals surface area contributed by atoms with Crippen molar-refractivity contribution in [3.05, 3.63) is 62.0 Å². The number of aliphatic hydroxyl groups excluding tert-OH is 1. The minimum Gasteiger partial charge on any atom is -0.507 e. The molecule has 0 bridgehead atoms. The summed E-state index contributed by atoms with van der Waals surface area (Å²) < 4.78 is 35.5. The molecule has 274 valence electrons. The van der Waals surface area contributed by atoms with E-state index in [2.05, 4.69) is 10.0 Å². The first-order chi connectivity index (χ1) is 24.1. The molecule has 2 heterocycles. The molecule has 4 aliphatic rings. The number of hydrogen-bond donors (Lipinski definition) is 4. The Morgan fingerprint density at radius 3 is 2.33 bits per heavy atom. The Morgan fingerprint density at radius 2 is 1.69 bits per heavy atom. The molecule has 4 N–H and O–H groups in total. The smallest absolute Gasteiger partial charge is 0.202 e. The maximum atomic E-state index is 13.9. The molecule has 1 unspecified atom stereocenters. The van der Waals surface area contributed by atoms with Crippen molar-refractivity contribution in [3.63, 3.8) is 0 Å². The molecule has 10 atom stereocenters. The van der Waals surface area contributed by atoms with E-state index in [-0.39, 0.29) is 40.8 Å². The molecule has 6 rings (SSSR count). The van der Waals surface area contributed by atoms with Gasteiger partial charge >= 0.3 is 0 Å². The number of azide groups is 1. The fraction of sp³-hybridized carbons (Fsp3) is 0.571. The molecule has 0 amide bonds. The standard InChI is InChI=1S/C35H41N3O13/c1-14-32(51-23-13-34(4,47-6)33(44)15(2)49-23)19(37-38-36)10-22(48-14)50-21-12-35(45,16(3)39)11-18-25(21)31(43)27-26(29(18)41)28(40)17-8-7-9-20(46-5)24(17)30(27)42/h7-9,14-15,19,21-23,32-33,41,43-45H,10-13H2,1-6H3/t14-,15-,19?,21-,22-,23-,32+,33-,34+,35-/m0/s1. The van der Waals surface area contributed by atoms with Crippen molar-refractivity contribution in [2.24, 2.45) is 5.11 Å². The minimum absolute atomic E-state index is 0.0477. The van der Waals surface area contributed by atoms with Gasteiger partial charge in [-0.3, -0.25) is 14.4 Å². The van der Waals surface area contributed by atoms with Crippen molar-refractivity contribution < 1.29 is 63.2 Å². The molecule has 16 heteroatoms. The number of aliphatic hydroxyl groups is 2. The first kappa shape index (κ1) is 36.7. The highest BCUT2D eigenvalue weighted by molar-refractivity contribution is 6.31. The van der Waals surface area contributed by atoms with Crippen LogP contribution in [0.25, 0.3) is 10.4 Å². The van der Waals surface area contributed by atoms with Gasteiger partial charge in [0.05, 0.1) is 59.9 Å². The van der Waals surface area contributed by atoms with Crippen molar-refractivity contribution >= 4 is 17.3 Å². The van der Waals surface area contributed by atoms with Crippen LogP contribution in [0.5, 0.6) is 17.2 Å². The third-order valence-electron chi connectivity index (χ3n) is 10.7. The van der Waals surface area contributed by atoms with E-state index < -0.39 is 113 Å². The summed E-state index contributed by atoms with van der Waals surface area (Å²) in [6.07, 6.45) is -7.39. The van der Waals surface area contributed by atoms with Gasteiger partial charge in [-0.2, -0.15) is 0 Å². The molecule has 2 aliphatic carbocycles. The lowest BCUT2D eigenvalue weighted by Crippen LogP contribution is -2.58. The molecule has 0 spiro atoms. The molecule has 2 aliphatic heterocycles. The normalized spacial score (nSPS) is 34.5. The lowest BCUT2D eigenvalue weighted by molar-refractivity contribution is -0.316. The SMILES string of the molecule is COc1cccc2c1C(=O)c1c(O)c3c(c(O)c1C2=O)C[C@@](O)(C(C)=O)C[C@@H]3O[C@H]1CC(N=[N+]=[N-])[C@H](O[C@H]2C[C@@](C)(OC)[C@@H](O)[C@H](C)O2)[C@H](C)O1. The molecular weight excluding hydrogens is 670 g/mol. The summed E-state index contributed by atoms with van der Waals surface area (Å²) in [6.45, 7) is 6.23. The van der Waals surface area contributed by atoms with Crippen LogP contribution in [-0.2, 0) is 34.9 Å². The third-order valence-corrected chi connectivity index (χ3v) is 10.7. The van der Waals surface area contributed by atoms with Gasteiger partial charge < -0.3 is 48.8 Å². The summed E-state index contributed by atoms with van der Waals surface area (Å²) in [5.74, 6) is -3.44. The lowest BCUT2D eigenvalue weighted by atomic mass is 9.72. The van der Waals surface area contributed by atoms with Gasteiger partial charge in [-0.25, -0.2) is 0 Å². The number of phenolic OH excluding ortho intramolecular Hbond substituents is 2. The van der Waals surface area contributed by atoms with Gasteiger partial charge in [0, 0.05) is 54.4 Å². The third kappa shape index (κ3) is 6.05. The maximum Gasteiger partial charge on any atom is 0.202 e. The van der Waals surface area contributed by atoms with Crippen LogP contribution in [0.3, 0.4) is 0 Å². The first-order valence-corrected chi connectivity index (χ1v) is 16.6. The van der Waals surface area contributed by atoms with Crippen molar-refractivity contribution in [2.75, 3.05) is 14.2 Å². The minimum atomic E-state index is -2.09. The number of rotatable bonds is 8. The Labute approximate surface area is 292 Å². The number of hydrogen-bond acceptors (Lipinski definition) is 14. The highest BCUT2D eigenvalue weighted by Crippen LogP contribution is 2.52. The molecule has 2 fully saturated rings. The molecule has 16 nitrogen and oxygen atoms in total. The zero-order valence-corrected chi connectivity index (χ0v) is 29.0. The van der Waals surface area contributed by atoms with Crippen LogP contribution in [0.1, 0.15) is 96.0 Å². The van der Waals surface area contributed by atoms with Crippen molar-refractivity contribution in [1.82, 2.24) is 0 Å². The maximum absolute atomic E-state index is 13.9. The number of fused-ring (bicyclic) bond motifs is 3.